The van der Waals surface area contributed by atoms with Crippen LogP contribution in [0, 0.1) is 6.92 Å². The van der Waals surface area contributed by atoms with Crippen LogP contribution in [-0.4, -0.2) is 21.2 Å². The van der Waals surface area contributed by atoms with Crippen molar-refractivity contribution in [1.29, 1.82) is 0 Å². The van der Waals surface area contributed by atoms with Crippen molar-refractivity contribution in [3.05, 3.63) is 63.0 Å². The van der Waals surface area contributed by atoms with E-state index in [1.807, 2.05) is 6.07 Å². The fourth-order valence-corrected chi connectivity index (χ4v) is 3.61. The van der Waals surface area contributed by atoms with Gasteiger partial charge in [-0.15, -0.1) is 11.3 Å². The number of amides is 1. The van der Waals surface area contributed by atoms with Gasteiger partial charge in [-0.2, -0.15) is 0 Å². The number of thiophene rings is 1. The van der Waals surface area contributed by atoms with Crippen molar-refractivity contribution in [3.8, 4) is 0 Å². The maximum atomic E-state index is 12.8. The molecule has 0 fully saturated rings. The molecule has 0 bridgehead atoms. The van der Waals surface area contributed by atoms with Crippen molar-refractivity contribution in [1.82, 2.24) is 9.55 Å². The average Bonchev–Trinajstić information content (AvgIpc) is 2.92. The van der Waals surface area contributed by atoms with Gasteiger partial charge >= 0.3 is 0 Å². The Morgan fingerprint density at radius 3 is 2.54 bits per heavy atom. The number of primary amides is 1. The van der Waals surface area contributed by atoms with Gasteiger partial charge in [0.15, 0.2) is 5.78 Å². The lowest BCUT2D eigenvalue weighted by Gasteiger charge is -2.13. The number of aromatic nitrogens is 2. The summed E-state index contributed by atoms with van der Waals surface area (Å²) in [5.41, 5.74) is 6.02. The van der Waals surface area contributed by atoms with Crippen LogP contribution < -0.4 is 11.3 Å². The molecule has 0 saturated carbocycles. The van der Waals surface area contributed by atoms with E-state index in [-0.39, 0.29) is 11.3 Å². The zero-order valence-electron chi connectivity index (χ0n) is 13.1. The summed E-state index contributed by atoms with van der Waals surface area (Å²) in [7, 11) is 0. The second-order valence-electron chi connectivity index (χ2n) is 5.46. The zero-order chi connectivity index (χ0) is 17.4. The molecule has 0 aliphatic rings. The summed E-state index contributed by atoms with van der Waals surface area (Å²) in [4.78, 5) is 41.8. The molecule has 0 radical (unpaired) electrons. The van der Waals surface area contributed by atoms with Gasteiger partial charge in [0, 0.05) is 5.56 Å². The quantitative estimate of drug-likeness (QED) is 0.737. The average molecular weight is 341 g/mol. The topological polar surface area (TPSA) is 95.1 Å². The van der Waals surface area contributed by atoms with E-state index in [1.165, 1.54) is 10.9 Å². The summed E-state index contributed by atoms with van der Waals surface area (Å²) >= 11 is 1.09. The molecule has 7 heteroatoms. The third kappa shape index (κ3) is 2.52. The largest absolute Gasteiger partial charge is 0.365 e. The summed E-state index contributed by atoms with van der Waals surface area (Å²) in [6.45, 7) is 3.32. The van der Waals surface area contributed by atoms with Crippen LogP contribution in [0.25, 0.3) is 10.2 Å². The molecule has 3 rings (SSSR count). The Morgan fingerprint density at radius 1 is 1.25 bits per heavy atom. The molecule has 2 N–H and O–H groups in total. The van der Waals surface area contributed by atoms with Crippen LogP contribution >= 0.6 is 11.3 Å². The highest BCUT2D eigenvalue weighted by molar-refractivity contribution is 7.20. The van der Waals surface area contributed by atoms with Gasteiger partial charge in [-0.3, -0.25) is 19.0 Å². The Kier molecular flexibility index (Phi) is 4.02. The number of hydrogen-bond donors (Lipinski definition) is 1. The molecule has 122 valence electrons. The van der Waals surface area contributed by atoms with E-state index in [4.69, 9.17) is 5.73 Å². The number of aryl methyl sites for hydroxylation is 1. The predicted molar refractivity (Wildman–Crippen MR) is 92.6 cm³/mol. The normalized spacial score (nSPS) is 12.2. The van der Waals surface area contributed by atoms with Crippen LogP contribution in [0.4, 0.5) is 0 Å². The van der Waals surface area contributed by atoms with Gasteiger partial charge in [-0.05, 0) is 19.4 Å². The van der Waals surface area contributed by atoms with Gasteiger partial charge in [0.1, 0.15) is 4.83 Å². The first kappa shape index (κ1) is 16.1. The summed E-state index contributed by atoms with van der Waals surface area (Å²) in [6, 6.07) is 8.07. The molecule has 3 aromatic rings. The second kappa shape index (κ2) is 6.01. The number of fused-ring (bicyclic) bond motifs is 1. The van der Waals surface area contributed by atoms with E-state index in [2.05, 4.69) is 4.98 Å². The smallest absolute Gasteiger partial charge is 0.263 e. The van der Waals surface area contributed by atoms with Crippen LogP contribution in [-0.2, 0) is 0 Å². The Morgan fingerprint density at radius 2 is 1.92 bits per heavy atom. The fourth-order valence-electron chi connectivity index (χ4n) is 2.62. The molecule has 0 aliphatic carbocycles. The van der Waals surface area contributed by atoms with Crippen molar-refractivity contribution >= 4 is 33.2 Å². The lowest BCUT2D eigenvalue weighted by Crippen LogP contribution is -2.28. The molecule has 2 heterocycles. The number of hydrogen-bond acceptors (Lipinski definition) is 5. The number of carbonyl (C=O) groups is 2. The molecule has 6 nitrogen and oxygen atoms in total. The summed E-state index contributed by atoms with van der Waals surface area (Å²) in [6.07, 6.45) is 1.34. The first-order valence-corrected chi connectivity index (χ1v) is 8.12. The van der Waals surface area contributed by atoms with Gasteiger partial charge in [-0.25, -0.2) is 4.98 Å². The van der Waals surface area contributed by atoms with Gasteiger partial charge in [0.05, 0.1) is 22.6 Å². The van der Waals surface area contributed by atoms with Gasteiger partial charge in [-0.1, -0.05) is 30.3 Å². The molecular weight excluding hydrogens is 326 g/mol. The molecule has 24 heavy (non-hydrogen) atoms. The van der Waals surface area contributed by atoms with Crippen molar-refractivity contribution in [2.75, 3.05) is 0 Å². The summed E-state index contributed by atoms with van der Waals surface area (Å²) in [5.74, 6) is -0.767. The monoisotopic (exact) mass is 341 g/mol. The number of Topliss-reactive ketones (excluding diaryl/α,β-unsaturated/α-hetero) is 1. The number of ketones is 1. The Labute approximate surface area is 141 Å². The van der Waals surface area contributed by atoms with E-state index in [0.717, 1.165) is 11.3 Å². The van der Waals surface area contributed by atoms with E-state index >= 15 is 0 Å². The second-order valence-corrected chi connectivity index (χ2v) is 6.46. The minimum absolute atomic E-state index is 0.179. The van der Waals surface area contributed by atoms with Gasteiger partial charge < -0.3 is 5.73 Å². The molecule has 0 unspecified atom stereocenters. The lowest BCUT2D eigenvalue weighted by atomic mass is 10.1. The Bertz CT molecular complexity index is 1010. The SMILES string of the molecule is Cc1c(C(N)=O)sc2ncn([C@@H](C)C(=O)c3ccccc3)c(=O)c12. The molecule has 0 saturated heterocycles. The molecule has 0 spiro atoms. The van der Waals surface area contributed by atoms with Gasteiger partial charge in [0.2, 0.25) is 0 Å². The molecule has 1 amide bonds. The number of nitrogens with two attached hydrogens (primary N) is 1. The van der Waals surface area contributed by atoms with Crippen LogP contribution in [0.3, 0.4) is 0 Å². The molecule has 1 atom stereocenters. The number of rotatable bonds is 4. The van der Waals surface area contributed by atoms with Crippen molar-refractivity contribution in [3.63, 3.8) is 0 Å². The van der Waals surface area contributed by atoms with Crippen LogP contribution in [0.15, 0.2) is 41.5 Å². The van der Waals surface area contributed by atoms with E-state index in [1.54, 1.807) is 38.1 Å². The maximum Gasteiger partial charge on any atom is 0.263 e. The fraction of sp³-hybridized carbons (Fsp3) is 0.176. The van der Waals surface area contributed by atoms with Gasteiger partial charge in [0.25, 0.3) is 11.5 Å². The first-order valence-electron chi connectivity index (χ1n) is 7.31. The van der Waals surface area contributed by atoms with E-state index < -0.39 is 11.9 Å². The van der Waals surface area contributed by atoms with Crippen molar-refractivity contribution in [2.45, 2.75) is 19.9 Å². The highest BCUT2D eigenvalue weighted by Crippen LogP contribution is 2.26. The summed E-state index contributed by atoms with van der Waals surface area (Å²) < 4.78 is 1.29. The van der Waals surface area contributed by atoms with E-state index in [9.17, 15) is 14.4 Å². The number of nitrogens with zero attached hydrogens (tertiary/aromatic N) is 2. The standard InChI is InChI=1S/C17H15N3O3S/c1-9-12-16(24-14(9)15(18)22)19-8-20(17(12)23)10(2)13(21)11-6-4-3-5-7-11/h3-8,10H,1-2H3,(H2,18,22)/t10-/m0/s1. The number of benzene rings is 1. The van der Waals surface area contributed by atoms with Crippen molar-refractivity contribution < 1.29 is 9.59 Å². The Hall–Kier alpha value is -2.80. The lowest BCUT2D eigenvalue weighted by molar-refractivity contribution is 0.0931. The Balaban J connectivity index is 2.12. The van der Waals surface area contributed by atoms with Crippen LogP contribution in [0.2, 0.25) is 0 Å². The molecule has 0 aliphatic heterocycles. The minimum atomic E-state index is -0.701. The third-order valence-electron chi connectivity index (χ3n) is 3.95. The van der Waals surface area contributed by atoms with E-state index in [0.29, 0.717) is 26.2 Å². The number of carbonyl (C=O) groups excluding carboxylic acids is 2. The first-order chi connectivity index (χ1) is 11.4. The molecular formula is C17H15N3O3S. The predicted octanol–water partition coefficient (Wildman–Crippen LogP) is 2.31. The van der Waals surface area contributed by atoms with Crippen LogP contribution in [0.1, 0.15) is 38.6 Å². The van der Waals surface area contributed by atoms with Crippen LogP contribution in [0.5, 0.6) is 0 Å². The highest BCUT2D eigenvalue weighted by Gasteiger charge is 2.22. The van der Waals surface area contributed by atoms with Crippen molar-refractivity contribution in [2.24, 2.45) is 5.73 Å². The molecule has 2 aromatic heterocycles. The summed E-state index contributed by atoms with van der Waals surface area (Å²) in [5, 5.41) is 0.337. The molecule has 1 aromatic carbocycles. The third-order valence-corrected chi connectivity index (χ3v) is 5.17. The zero-order valence-corrected chi connectivity index (χ0v) is 14.0. The maximum absolute atomic E-state index is 12.8. The minimum Gasteiger partial charge on any atom is -0.365 e. The highest BCUT2D eigenvalue weighted by atomic mass is 32.1.